The summed E-state index contributed by atoms with van der Waals surface area (Å²) in [5.41, 5.74) is 0.415. The number of nitrogens with zero attached hydrogens (tertiary/aromatic N) is 4. The van der Waals surface area contributed by atoms with Gasteiger partial charge in [-0.3, -0.25) is 9.69 Å². The number of aliphatic hydroxyl groups is 1. The average Bonchev–Trinajstić information content (AvgIpc) is 3.01. The number of benzene rings is 1. The molecule has 0 atom stereocenters. The van der Waals surface area contributed by atoms with Gasteiger partial charge in [-0.25, -0.2) is 9.18 Å². The molecule has 1 N–H and O–H groups in total. The van der Waals surface area contributed by atoms with Crippen molar-refractivity contribution in [3.8, 4) is 0 Å². The Morgan fingerprint density at radius 2 is 1.88 bits per heavy atom. The van der Waals surface area contributed by atoms with E-state index < -0.39 is 0 Å². The van der Waals surface area contributed by atoms with Gasteiger partial charge in [0.25, 0.3) is 0 Å². The lowest BCUT2D eigenvalue weighted by atomic mass is 9.68. The smallest absolute Gasteiger partial charge is 0.321 e. The monoisotopic (exact) mass is 474 g/mol. The molecule has 4 rings (SSSR count). The molecular weight excluding hydrogens is 435 g/mol. The molecule has 3 fully saturated rings. The van der Waals surface area contributed by atoms with Crippen molar-refractivity contribution in [3.05, 3.63) is 35.6 Å². The van der Waals surface area contributed by atoms with Gasteiger partial charge in [-0.15, -0.1) is 0 Å². The van der Waals surface area contributed by atoms with Crippen LogP contribution in [0.3, 0.4) is 0 Å². The van der Waals surface area contributed by atoms with Gasteiger partial charge in [-0.2, -0.15) is 0 Å². The summed E-state index contributed by atoms with van der Waals surface area (Å²) in [5, 5.41) is 9.17. The van der Waals surface area contributed by atoms with Crippen LogP contribution in [0.4, 0.5) is 9.18 Å². The van der Waals surface area contributed by atoms with Crippen LogP contribution in [0, 0.1) is 11.7 Å². The Bertz CT molecular complexity index is 896. The number of aliphatic hydroxyl groups excluding tert-OH is 1. The molecule has 0 bridgehead atoms. The first-order chi connectivity index (χ1) is 16.2. The van der Waals surface area contributed by atoms with Crippen LogP contribution in [-0.2, 0) is 10.3 Å². The van der Waals surface area contributed by atoms with E-state index in [1.807, 2.05) is 6.07 Å². The number of hydrogen-bond acceptors (Lipinski definition) is 4. The van der Waals surface area contributed by atoms with Crippen LogP contribution < -0.4 is 0 Å². The molecular formula is C26H39FN4O3. The van der Waals surface area contributed by atoms with Gasteiger partial charge in [0, 0.05) is 32.2 Å². The Labute approximate surface area is 202 Å². The SMILES string of the molecule is CN(CCO)C(=O)CN1C[C@]2(CC[C@](c3cccc(F)c3)(N(C)C)CC2)N(CC2CCC2)C1=O. The molecule has 1 aromatic rings. The van der Waals surface area contributed by atoms with Crippen molar-refractivity contribution in [2.45, 2.75) is 56.0 Å². The number of amides is 3. The molecule has 188 valence electrons. The van der Waals surface area contributed by atoms with Crippen molar-refractivity contribution in [2.75, 3.05) is 53.9 Å². The van der Waals surface area contributed by atoms with Gasteiger partial charge < -0.3 is 19.8 Å². The van der Waals surface area contributed by atoms with Crippen molar-refractivity contribution in [3.63, 3.8) is 0 Å². The van der Waals surface area contributed by atoms with E-state index in [1.54, 1.807) is 24.1 Å². The number of hydrogen-bond donors (Lipinski definition) is 1. The van der Waals surface area contributed by atoms with Crippen LogP contribution in [0.5, 0.6) is 0 Å². The quantitative estimate of drug-likeness (QED) is 0.629. The highest BCUT2D eigenvalue weighted by molar-refractivity contribution is 5.86. The fourth-order valence-electron chi connectivity index (χ4n) is 6.10. The molecule has 0 aromatic heterocycles. The summed E-state index contributed by atoms with van der Waals surface area (Å²) in [6.45, 7) is 1.51. The maximum absolute atomic E-state index is 14.1. The summed E-state index contributed by atoms with van der Waals surface area (Å²) in [7, 11) is 5.76. The van der Waals surface area contributed by atoms with Crippen molar-refractivity contribution < 1.29 is 19.1 Å². The van der Waals surface area contributed by atoms with Gasteiger partial charge in [-0.1, -0.05) is 18.6 Å². The maximum Gasteiger partial charge on any atom is 0.321 e. The van der Waals surface area contributed by atoms with Gasteiger partial charge in [0.1, 0.15) is 12.4 Å². The molecule has 34 heavy (non-hydrogen) atoms. The van der Waals surface area contributed by atoms with Crippen LogP contribution in [0.25, 0.3) is 0 Å². The molecule has 8 heteroatoms. The molecule has 3 aliphatic rings. The molecule has 0 radical (unpaired) electrons. The van der Waals surface area contributed by atoms with Crippen LogP contribution in [-0.4, -0.2) is 96.1 Å². The molecule has 1 heterocycles. The fraction of sp³-hybridized carbons (Fsp3) is 0.692. The number of halogens is 1. The molecule has 3 amide bonds. The Hall–Kier alpha value is -2.19. The van der Waals surface area contributed by atoms with Crippen LogP contribution in [0.1, 0.15) is 50.5 Å². The van der Waals surface area contributed by atoms with Gasteiger partial charge >= 0.3 is 6.03 Å². The van der Waals surface area contributed by atoms with E-state index >= 15 is 0 Å². The first kappa shape index (κ1) is 24.9. The fourth-order valence-corrected chi connectivity index (χ4v) is 6.10. The Balaban J connectivity index is 1.56. The minimum Gasteiger partial charge on any atom is -0.395 e. The highest BCUT2D eigenvalue weighted by Gasteiger charge is 2.55. The third-order valence-corrected chi connectivity index (χ3v) is 8.64. The minimum absolute atomic E-state index is 0.0410. The topological polar surface area (TPSA) is 67.3 Å². The average molecular weight is 475 g/mol. The van der Waals surface area contributed by atoms with Crippen molar-refractivity contribution >= 4 is 11.9 Å². The lowest BCUT2D eigenvalue weighted by molar-refractivity contribution is -0.130. The lowest BCUT2D eigenvalue weighted by Gasteiger charge is -2.51. The first-order valence-corrected chi connectivity index (χ1v) is 12.6. The summed E-state index contributed by atoms with van der Waals surface area (Å²) in [4.78, 5) is 33.7. The number of rotatable bonds is 8. The normalized spacial score (nSPS) is 27.5. The highest BCUT2D eigenvalue weighted by Crippen LogP contribution is 2.49. The predicted octanol–water partition coefficient (Wildman–Crippen LogP) is 2.88. The van der Waals surface area contributed by atoms with E-state index in [1.165, 1.54) is 17.4 Å². The van der Waals surface area contributed by atoms with E-state index in [4.69, 9.17) is 5.11 Å². The van der Waals surface area contributed by atoms with E-state index in [9.17, 15) is 14.0 Å². The largest absolute Gasteiger partial charge is 0.395 e. The number of urea groups is 1. The van der Waals surface area contributed by atoms with Gasteiger partial charge in [0.15, 0.2) is 0 Å². The van der Waals surface area contributed by atoms with Crippen LogP contribution in [0.15, 0.2) is 24.3 Å². The molecule has 1 aromatic carbocycles. The standard InChI is InChI=1S/C26H39FN4O3/c1-28(2)26(21-8-5-9-22(27)16-21)12-10-25(11-13-26)19-30(18-23(33)29(3)14-15-32)24(34)31(25)17-20-6-4-7-20/h5,8-9,16,20,32H,4,6-7,10-15,17-19H2,1-3H3/t25-,26+. The van der Waals surface area contributed by atoms with Crippen LogP contribution >= 0.6 is 0 Å². The second-order valence-corrected chi connectivity index (χ2v) is 10.7. The Morgan fingerprint density at radius 3 is 2.44 bits per heavy atom. The van der Waals surface area contributed by atoms with Crippen molar-refractivity contribution in [1.29, 1.82) is 0 Å². The zero-order valence-electron chi connectivity index (χ0n) is 20.8. The summed E-state index contributed by atoms with van der Waals surface area (Å²) >= 11 is 0. The molecule has 2 aliphatic carbocycles. The summed E-state index contributed by atoms with van der Waals surface area (Å²) < 4.78 is 14.1. The number of carbonyl (C=O) groups is 2. The molecule has 7 nitrogen and oxygen atoms in total. The van der Waals surface area contributed by atoms with Gasteiger partial charge in [-0.05, 0) is 76.2 Å². The van der Waals surface area contributed by atoms with Gasteiger partial charge in [0.05, 0.1) is 12.1 Å². The van der Waals surface area contributed by atoms with Gasteiger partial charge in [0.2, 0.25) is 5.91 Å². The molecule has 2 saturated carbocycles. The first-order valence-electron chi connectivity index (χ1n) is 12.6. The van der Waals surface area contributed by atoms with Crippen molar-refractivity contribution in [2.24, 2.45) is 5.92 Å². The predicted molar refractivity (Wildman–Crippen MR) is 129 cm³/mol. The number of likely N-dealkylation sites (N-methyl/N-ethyl adjacent to an activating group) is 1. The third-order valence-electron chi connectivity index (χ3n) is 8.64. The number of carbonyl (C=O) groups excluding carboxylic acids is 2. The summed E-state index contributed by atoms with van der Waals surface area (Å²) in [6.07, 6.45) is 6.81. The third kappa shape index (κ3) is 4.54. The zero-order chi connectivity index (χ0) is 24.5. The Morgan fingerprint density at radius 1 is 1.18 bits per heavy atom. The molecule has 1 saturated heterocycles. The summed E-state index contributed by atoms with van der Waals surface area (Å²) in [6, 6.07) is 6.87. The minimum atomic E-state index is -0.296. The van der Waals surface area contributed by atoms with Crippen LogP contribution in [0.2, 0.25) is 0 Å². The van der Waals surface area contributed by atoms with E-state index in [2.05, 4.69) is 23.9 Å². The second-order valence-electron chi connectivity index (χ2n) is 10.7. The maximum atomic E-state index is 14.1. The lowest BCUT2D eigenvalue weighted by Crippen LogP contribution is -2.56. The molecule has 0 unspecified atom stereocenters. The van der Waals surface area contributed by atoms with E-state index in [0.717, 1.165) is 50.6 Å². The van der Waals surface area contributed by atoms with E-state index in [-0.39, 0.29) is 48.5 Å². The molecule has 1 aliphatic heterocycles. The zero-order valence-corrected chi connectivity index (χ0v) is 20.8. The van der Waals surface area contributed by atoms with E-state index in [0.29, 0.717) is 12.5 Å². The molecule has 1 spiro atoms. The highest BCUT2D eigenvalue weighted by atomic mass is 19.1. The summed E-state index contributed by atoms with van der Waals surface area (Å²) in [5.74, 6) is 0.164. The Kier molecular flexibility index (Phi) is 7.20. The second kappa shape index (κ2) is 9.82. The van der Waals surface area contributed by atoms with Crippen molar-refractivity contribution in [1.82, 2.24) is 19.6 Å².